The number of aliphatic hydroxyl groups excluding tert-OH is 1. The van der Waals surface area contributed by atoms with E-state index in [1.165, 1.54) is 54.3 Å². The van der Waals surface area contributed by atoms with Crippen molar-refractivity contribution in [3.05, 3.63) is 53.6 Å². The molecular formula is C33H43N5O3. The predicted octanol–water partition coefficient (Wildman–Crippen LogP) is 4.06. The molecule has 1 aromatic heterocycles. The van der Waals surface area contributed by atoms with Crippen molar-refractivity contribution in [2.45, 2.75) is 51.5 Å². The van der Waals surface area contributed by atoms with E-state index in [1.54, 1.807) is 0 Å². The number of amides is 2. The number of aliphatic hydroxyl groups is 1. The lowest BCUT2D eigenvalue weighted by Crippen LogP contribution is -2.51. The Labute approximate surface area is 242 Å². The maximum Gasteiger partial charge on any atom is 0.251 e. The number of carbonyl (C=O) groups is 2. The Kier molecular flexibility index (Phi) is 8.30. The number of hydrogen-bond acceptors (Lipinski definition) is 5. The van der Waals surface area contributed by atoms with Gasteiger partial charge in [-0.05, 0) is 49.1 Å². The van der Waals surface area contributed by atoms with Gasteiger partial charge in [0.25, 0.3) is 5.91 Å². The molecule has 0 unspecified atom stereocenters. The van der Waals surface area contributed by atoms with Crippen LogP contribution in [0.25, 0.3) is 22.2 Å². The second-order valence-electron chi connectivity index (χ2n) is 11.7. The molecule has 2 aromatic carbocycles. The SMILES string of the molecule is CCN1CCN(C(=O)CN2CCn3c(c(C4CCCCC4)c4ccc(C(=O)NCCO)cc43)-c3ccccc32)CC1. The van der Waals surface area contributed by atoms with Crippen molar-refractivity contribution in [1.29, 1.82) is 0 Å². The lowest BCUT2D eigenvalue weighted by Gasteiger charge is -2.35. The molecule has 1 aliphatic carbocycles. The van der Waals surface area contributed by atoms with Gasteiger partial charge in [0.05, 0.1) is 18.8 Å². The number of anilines is 1. The zero-order valence-corrected chi connectivity index (χ0v) is 24.3. The van der Waals surface area contributed by atoms with Gasteiger partial charge in [-0.1, -0.05) is 50.5 Å². The maximum atomic E-state index is 13.5. The second-order valence-corrected chi connectivity index (χ2v) is 11.7. The van der Waals surface area contributed by atoms with Gasteiger partial charge in [0.2, 0.25) is 5.91 Å². The number of aromatic nitrogens is 1. The quantitative estimate of drug-likeness (QED) is 0.458. The first-order valence-corrected chi connectivity index (χ1v) is 15.5. The highest BCUT2D eigenvalue weighted by molar-refractivity contribution is 6.02. The number of carbonyl (C=O) groups excluding carboxylic acids is 2. The van der Waals surface area contributed by atoms with Crippen LogP contribution in [-0.4, -0.2) is 90.3 Å². The summed E-state index contributed by atoms with van der Waals surface area (Å²) in [6.45, 7) is 8.66. The molecule has 2 fully saturated rings. The molecule has 2 aliphatic heterocycles. The van der Waals surface area contributed by atoms with E-state index in [1.807, 2.05) is 17.0 Å². The highest BCUT2D eigenvalue weighted by Gasteiger charge is 2.32. The summed E-state index contributed by atoms with van der Waals surface area (Å²) in [5.41, 5.74) is 6.64. The molecule has 218 valence electrons. The summed E-state index contributed by atoms with van der Waals surface area (Å²) in [7, 11) is 0. The van der Waals surface area contributed by atoms with E-state index in [2.05, 4.69) is 56.9 Å². The van der Waals surface area contributed by atoms with Crippen LogP contribution in [0.4, 0.5) is 5.69 Å². The molecule has 3 aromatic rings. The van der Waals surface area contributed by atoms with Gasteiger partial charge in [0.1, 0.15) is 0 Å². The Morgan fingerprint density at radius 2 is 1.73 bits per heavy atom. The van der Waals surface area contributed by atoms with E-state index < -0.39 is 0 Å². The Balaban J connectivity index is 1.40. The van der Waals surface area contributed by atoms with Crippen LogP contribution in [0.5, 0.6) is 0 Å². The molecule has 41 heavy (non-hydrogen) atoms. The monoisotopic (exact) mass is 557 g/mol. The number of nitrogens with one attached hydrogen (secondary N) is 1. The number of piperazine rings is 1. The van der Waals surface area contributed by atoms with Crippen LogP contribution >= 0.6 is 0 Å². The van der Waals surface area contributed by atoms with Crippen LogP contribution in [0, 0.1) is 0 Å². The predicted molar refractivity (Wildman–Crippen MR) is 164 cm³/mol. The molecule has 3 aliphatic rings. The zero-order chi connectivity index (χ0) is 28.3. The molecule has 3 heterocycles. The number of hydrogen-bond donors (Lipinski definition) is 2. The molecule has 1 saturated heterocycles. The lowest BCUT2D eigenvalue weighted by atomic mass is 9.81. The van der Waals surface area contributed by atoms with Crippen molar-refractivity contribution in [2.24, 2.45) is 0 Å². The Morgan fingerprint density at radius 1 is 0.951 bits per heavy atom. The third-order valence-electron chi connectivity index (χ3n) is 9.37. The van der Waals surface area contributed by atoms with Crippen LogP contribution in [0.3, 0.4) is 0 Å². The van der Waals surface area contributed by atoms with Gasteiger partial charge < -0.3 is 29.7 Å². The van der Waals surface area contributed by atoms with Gasteiger partial charge in [-0.15, -0.1) is 0 Å². The van der Waals surface area contributed by atoms with Crippen LogP contribution in [0.2, 0.25) is 0 Å². The van der Waals surface area contributed by atoms with Crippen LogP contribution in [0.1, 0.15) is 60.9 Å². The summed E-state index contributed by atoms with van der Waals surface area (Å²) in [6, 6.07) is 14.7. The number of likely N-dealkylation sites (N-methyl/N-ethyl adjacent to an activating group) is 1. The van der Waals surface area contributed by atoms with E-state index in [4.69, 9.17) is 0 Å². The van der Waals surface area contributed by atoms with Crippen molar-refractivity contribution >= 4 is 28.4 Å². The fourth-order valence-corrected chi connectivity index (χ4v) is 7.15. The zero-order valence-electron chi connectivity index (χ0n) is 24.3. The topological polar surface area (TPSA) is 81.0 Å². The highest BCUT2D eigenvalue weighted by atomic mass is 16.3. The summed E-state index contributed by atoms with van der Waals surface area (Å²) in [4.78, 5) is 33.1. The van der Waals surface area contributed by atoms with Gasteiger partial charge in [-0.2, -0.15) is 0 Å². The Bertz CT molecular complexity index is 1400. The second kappa shape index (κ2) is 12.2. The summed E-state index contributed by atoms with van der Waals surface area (Å²) in [5, 5.41) is 13.2. The minimum Gasteiger partial charge on any atom is -0.395 e. The molecule has 2 N–H and O–H groups in total. The molecule has 8 nitrogen and oxygen atoms in total. The third-order valence-corrected chi connectivity index (χ3v) is 9.37. The number of nitrogens with zero attached hydrogens (tertiary/aromatic N) is 4. The lowest BCUT2D eigenvalue weighted by molar-refractivity contribution is -0.131. The van der Waals surface area contributed by atoms with E-state index in [0.29, 0.717) is 18.0 Å². The van der Waals surface area contributed by atoms with Crippen LogP contribution < -0.4 is 10.2 Å². The molecule has 0 bridgehead atoms. The largest absolute Gasteiger partial charge is 0.395 e. The molecular weight excluding hydrogens is 514 g/mol. The fourth-order valence-electron chi connectivity index (χ4n) is 7.15. The van der Waals surface area contributed by atoms with Crippen molar-refractivity contribution in [1.82, 2.24) is 19.7 Å². The first kappa shape index (κ1) is 27.8. The van der Waals surface area contributed by atoms with E-state index in [0.717, 1.165) is 57.0 Å². The average molecular weight is 558 g/mol. The third kappa shape index (κ3) is 5.47. The molecule has 0 spiro atoms. The minimum absolute atomic E-state index is 0.0834. The Hall–Kier alpha value is -3.36. The fraction of sp³-hybridized carbons (Fsp3) is 0.515. The molecule has 1 saturated carbocycles. The molecule has 8 heteroatoms. The van der Waals surface area contributed by atoms with Gasteiger partial charge in [-0.3, -0.25) is 9.59 Å². The van der Waals surface area contributed by atoms with E-state index >= 15 is 0 Å². The summed E-state index contributed by atoms with van der Waals surface area (Å²) >= 11 is 0. The number of para-hydroxylation sites is 1. The number of rotatable bonds is 7. The Morgan fingerprint density at radius 3 is 2.49 bits per heavy atom. The van der Waals surface area contributed by atoms with Gasteiger partial charge in [-0.25, -0.2) is 0 Å². The molecule has 0 radical (unpaired) electrons. The van der Waals surface area contributed by atoms with Crippen LogP contribution in [0.15, 0.2) is 42.5 Å². The maximum absolute atomic E-state index is 13.5. The van der Waals surface area contributed by atoms with Gasteiger partial charge in [0, 0.05) is 73.5 Å². The van der Waals surface area contributed by atoms with Crippen molar-refractivity contribution in [2.75, 3.05) is 63.9 Å². The number of fused-ring (bicyclic) bond motifs is 5. The van der Waals surface area contributed by atoms with Gasteiger partial charge in [0.15, 0.2) is 0 Å². The first-order valence-electron chi connectivity index (χ1n) is 15.5. The van der Waals surface area contributed by atoms with E-state index in [9.17, 15) is 14.7 Å². The van der Waals surface area contributed by atoms with Crippen molar-refractivity contribution in [3.8, 4) is 11.3 Å². The number of benzene rings is 2. The highest BCUT2D eigenvalue weighted by Crippen LogP contribution is 2.47. The first-order chi connectivity index (χ1) is 20.1. The van der Waals surface area contributed by atoms with Crippen molar-refractivity contribution < 1.29 is 14.7 Å². The standard InChI is InChI=1S/C33H43N5O3/c1-2-35-15-17-36(18-16-35)30(40)23-37-19-20-38-29-22-25(33(41)34-14-21-39)12-13-26(29)31(24-8-4-3-5-9-24)32(38)27-10-6-7-11-28(27)37/h6-7,10-13,22,24,39H,2-5,8-9,14-21,23H2,1H3,(H,34,41). The molecule has 2 amide bonds. The molecule has 6 rings (SSSR count). The summed E-state index contributed by atoms with van der Waals surface area (Å²) in [6.07, 6.45) is 6.13. The van der Waals surface area contributed by atoms with Gasteiger partial charge >= 0.3 is 0 Å². The van der Waals surface area contributed by atoms with Crippen molar-refractivity contribution in [3.63, 3.8) is 0 Å². The molecule has 0 atom stereocenters. The van der Waals surface area contributed by atoms with E-state index in [-0.39, 0.29) is 25.0 Å². The summed E-state index contributed by atoms with van der Waals surface area (Å²) in [5.74, 6) is 0.509. The average Bonchev–Trinajstić information content (AvgIpc) is 3.26. The smallest absolute Gasteiger partial charge is 0.251 e. The normalized spacial score (nSPS) is 18.2. The summed E-state index contributed by atoms with van der Waals surface area (Å²) < 4.78 is 2.41. The minimum atomic E-state index is -0.167. The van der Waals surface area contributed by atoms with Crippen LogP contribution in [-0.2, 0) is 11.3 Å².